The van der Waals surface area contributed by atoms with Crippen LogP contribution in [0, 0.1) is 5.82 Å². The molecule has 1 unspecified atom stereocenters. The number of nitrogens with one attached hydrogen (secondary N) is 1. The molecule has 5 heteroatoms. The van der Waals surface area contributed by atoms with E-state index >= 15 is 0 Å². The number of nitrogens with zero attached hydrogens (tertiary/aromatic N) is 2. The van der Waals surface area contributed by atoms with E-state index in [-0.39, 0.29) is 17.3 Å². The summed E-state index contributed by atoms with van der Waals surface area (Å²) in [6.45, 7) is 6.41. The molecule has 0 saturated carbocycles. The topological polar surface area (TPSA) is 37.8 Å². The molecule has 2 aromatic rings. The predicted octanol–water partition coefficient (Wildman–Crippen LogP) is 3.48. The van der Waals surface area contributed by atoms with Crippen LogP contribution in [-0.2, 0) is 11.8 Å². The van der Waals surface area contributed by atoms with Crippen molar-refractivity contribution in [1.82, 2.24) is 14.9 Å². The van der Waals surface area contributed by atoms with Crippen LogP contribution < -0.4 is 5.32 Å². The first-order valence-corrected chi connectivity index (χ1v) is 7.43. The van der Waals surface area contributed by atoms with Gasteiger partial charge < -0.3 is 5.32 Å². The van der Waals surface area contributed by atoms with Crippen LogP contribution in [0.2, 0.25) is 0 Å². The molecule has 0 fully saturated rings. The van der Waals surface area contributed by atoms with E-state index in [0.29, 0.717) is 0 Å². The number of benzene rings is 1. The fourth-order valence-electron chi connectivity index (χ4n) is 2.13. The molecule has 0 spiro atoms. The summed E-state index contributed by atoms with van der Waals surface area (Å²) in [7, 11) is 1.93. The van der Waals surface area contributed by atoms with E-state index in [2.05, 4.69) is 35.7 Å². The van der Waals surface area contributed by atoms with Gasteiger partial charge in [-0.1, -0.05) is 37.4 Å². The maximum absolute atomic E-state index is 13.0. The number of aromatic nitrogens is 2. The Labute approximate surface area is 123 Å². The van der Waals surface area contributed by atoms with Crippen molar-refractivity contribution in [2.45, 2.75) is 38.6 Å². The Morgan fingerprint density at radius 1 is 1.25 bits per heavy atom. The lowest BCUT2D eigenvalue weighted by Crippen LogP contribution is -2.23. The van der Waals surface area contributed by atoms with Crippen molar-refractivity contribution in [2.24, 2.45) is 0 Å². The smallest absolute Gasteiger partial charge is 0.123 e. The van der Waals surface area contributed by atoms with Crippen LogP contribution in [0.25, 0.3) is 0 Å². The standard InChI is InChI=1S/C15H20FN3S/c1-15(2,3)14-13(20-19-18-14)12(17-4)9-10-5-7-11(16)8-6-10/h5-8,12,17H,9H2,1-4H3. The summed E-state index contributed by atoms with van der Waals surface area (Å²) in [5.41, 5.74) is 2.10. The van der Waals surface area contributed by atoms with Gasteiger partial charge in [-0.3, -0.25) is 0 Å². The average Bonchev–Trinajstić information content (AvgIpc) is 2.87. The zero-order valence-electron chi connectivity index (χ0n) is 12.3. The number of likely N-dealkylation sites (N-methyl/N-ethyl adjacent to an activating group) is 1. The largest absolute Gasteiger partial charge is 0.312 e. The molecule has 2 rings (SSSR count). The maximum atomic E-state index is 13.0. The fourth-order valence-corrected chi connectivity index (χ4v) is 3.10. The Hall–Kier alpha value is -1.33. The summed E-state index contributed by atoms with van der Waals surface area (Å²) < 4.78 is 17.1. The van der Waals surface area contributed by atoms with Crippen LogP contribution >= 0.6 is 11.5 Å². The number of halogens is 1. The van der Waals surface area contributed by atoms with Crippen LogP contribution in [0.15, 0.2) is 24.3 Å². The molecule has 1 aromatic carbocycles. The first-order chi connectivity index (χ1) is 9.41. The third kappa shape index (κ3) is 3.41. The van der Waals surface area contributed by atoms with Gasteiger partial charge in [0.15, 0.2) is 0 Å². The van der Waals surface area contributed by atoms with Gasteiger partial charge in [0.1, 0.15) is 5.82 Å². The van der Waals surface area contributed by atoms with Gasteiger partial charge in [-0.05, 0) is 42.7 Å². The van der Waals surface area contributed by atoms with E-state index in [1.165, 1.54) is 23.7 Å². The van der Waals surface area contributed by atoms with Crippen LogP contribution in [0.1, 0.15) is 42.9 Å². The Morgan fingerprint density at radius 2 is 1.90 bits per heavy atom. The third-order valence-electron chi connectivity index (χ3n) is 3.24. The van der Waals surface area contributed by atoms with Gasteiger partial charge in [-0.25, -0.2) is 4.39 Å². The molecule has 0 radical (unpaired) electrons. The van der Waals surface area contributed by atoms with Crippen molar-refractivity contribution in [3.8, 4) is 0 Å². The Kier molecular flexibility index (Phi) is 4.50. The molecule has 1 N–H and O–H groups in total. The molecule has 108 valence electrons. The average molecular weight is 293 g/mol. The Bertz CT molecular complexity index is 557. The summed E-state index contributed by atoms with van der Waals surface area (Å²) in [5, 5.41) is 7.60. The molecule has 3 nitrogen and oxygen atoms in total. The molecule has 0 amide bonds. The first kappa shape index (κ1) is 15.1. The quantitative estimate of drug-likeness (QED) is 0.938. The van der Waals surface area contributed by atoms with Crippen molar-refractivity contribution in [2.75, 3.05) is 7.05 Å². The second-order valence-corrected chi connectivity index (χ2v) is 6.69. The Morgan fingerprint density at radius 3 is 2.45 bits per heavy atom. The van der Waals surface area contributed by atoms with E-state index in [4.69, 9.17) is 0 Å². The second-order valence-electron chi connectivity index (χ2n) is 5.91. The highest BCUT2D eigenvalue weighted by molar-refractivity contribution is 7.05. The summed E-state index contributed by atoms with van der Waals surface area (Å²) in [6, 6.07) is 6.79. The van der Waals surface area contributed by atoms with Crippen LogP contribution in [0.4, 0.5) is 4.39 Å². The highest BCUT2D eigenvalue weighted by Gasteiger charge is 2.26. The SMILES string of the molecule is CNC(Cc1ccc(F)cc1)c1snnc1C(C)(C)C. The van der Waals surface area contributed by atoms with Crippen molar-refractivity contribution in [3.63, 3.8) is 0 Å². The lowest BCUT2D eigenvalue weighted by atomic mass is 9.89. The predicted molar refractivity (Wildman–Crippen MR) is 80.5 cm³/mol. The zero-order valence-corrected chi connectivity index (χ0v) is 13.1. The van der Waals surface area contributed by atoms with Crippen LogP contribution in [0.3, 0.4) is 0 Å². The van der Waals surface area contributed by atoms with Crippen molar-refractivity contribution < 1.29 is 4.39 Å². The van der Waals surface area contributed by atoms with E-state index in [0.717, 1.165) is 22.6 Å². The van der Waals surface area contributed by atoms with Gasteiger partial charge in [-0.2, -0.15) is 0 Å². The maximum Gasteiger partial charge on any atom is 0.123 e. The minimum atomic E-state index is -0.204. The minimum Gasteiger partial charge on any atom is -0.312 e. The summed E-state index contributed by atoms with van der Waals surface area (Å²) in [4.78, 5) is 1.16. The van der Waals surface area contributed by atoms with E-state index < -0.39 is 0 Å². The minimum absolute atomic E-state index is 0.0276. The molecule has 0 saturated heterocycles. The monoisotopic (exact) mass is 293 g/mol. The van der Waals surface area contributed by atoms with Gasteiger partial charge in [0.25, 0.3) is 0 Å². The molecular weight excluding hydrogens is 273 g/mol. The number of hydrogen-bond donors (Lipinski definition) is 1. The van der Waals surface area contributed by atoms with E-state index in [1.54, 1.807) is 0 Å². The van der Waals surface area contributed by atoms with Crippen LogP contribution in [-0.4, -0.2) is 16.6 Å². The molecule has 1 aromatic heterocycles. The van der Waals surface area contributed by atoms with Gasteiger partial charge in [0, 0.05) is 11.5 Å². The van der Waals surface area contributed by atoms with Crippen LogP contribution in [0.5, 0.6) is 0 Å². The Balaban J connectivity index is 2.25. The lowest BCUT2D eigenvalue weighted by molar-refractivity contribution is 0.530. The summed E-state index contributed by atoms with van der Waals surface area (Å²) in [6.07, 6.45) is 0.795. The highest BCUT2D eigenvalue weighted by atomic mass is 32.1. The zero-order chi connectivity index (χ0) is 14.8. The van der Waals surface area contributed by atoms with Crippen molar-refractivity contribution in [3.05, 3.63) is 46.2 Å². The van der Waals surface area contributed by atoms with Gasteiger partial charge in [0.2, 0.25) is 0 Å². The second kappa shape index (κ2) is 5.97. The van der Waals surface area contributed by atoms with Crippen molar-refractivity contribution >= 4 is 11.5 Å². The number of hydrogen-bond acceptors (Lipinski definition) is 4. The molecule has 1 heterocycles. The third-order valence-corrected chi connectivity index (χ3v) is 4.08. The first-order valence-electron chi connectivity index (χ1n) is 6.66. The molecule has 0 aliphatic rings. The molecule has 0 aliphatic heterocycles. The molecule has 1 atom stereocenters. The van der Waals surface area contributed by atoms with Gasteiger partial charge in [0.05, 0.1) is 10.6 Å². The lowest BCUT2D eigenvalue weighted by Gasteiger charge is -2.21. The summed E-state index contributed by atoms with van der Waals surface area (Å²) >= 11 is 1.43. The number of rotatable bonds is 4. The normalized spacial score (nSPS) is 13.4. The highest BCUT2D eigenvalue weighted by Crippen LogP contribution is 2.31. The summed E-state index contributed by atoms with van der Waals surface area (Å²) in [5.74, 6) is -0.204. The molecular formula is C15H20FN3S. The van der Waals surface area contributed by atoms with E-state index in [9.17, 15) is 4.39 Å². The van der Waals surface area contributed by atoms with Gasteiger partial charge in [-0.15, -0.1) is 5.10 Å². The molecule has 0 bridgehead atoms. The molecule has 20 heavy (non-hydrogen) atoms. The molecule has 0 aliphatic carbocycles. The fraction of sp³-hybridized carbons (Fsp3) is 0.467. The van der Waals surface area contributed by atoms with Crippen molar-refractivity contribution in [1.29, 1.82) is 0 Å². The van der Waals surface area contributed by atoms with E-state index in [1.807, 2.05) is 19.2 Å². The van der Waals surface area contributed by atoms with Gasteiger partial charge >= 0.3 is 0 Å².